The number of esters is 1. The lowest BCUT2D eigenvalue weighted by atomic mass is 9.81. The van der Waals surface area contributed by atoms with Gasteiger partial charge >= 0.3 is 18.0 Å². The summed E-state index contributed by atoms with van der Waals surface area (Å²) < 4.78 is 5.02. The lowest BCUT2D eigenvalue weighted by Gasteiger charge is -2.23. The van der Waals surface area contributed by atoms with Crippen LogP contribution in [0.25, 0.3) is 0 Å². The van der Waals surface area contributed by atoms with Crippen molar-refractivity contribution in [3.8, 4) is 0 Å². The van der Waals surface area contributed by atoms with Crippen molar-refractivity contribution in [1.82, 2.24) is 10.2 Å². The molecule has 0 radical (unpaired) electrons. The summed E-state index contributed by atoms with van der Waals surface area (Å²) in [5.74, 6) is -0.992. The van der Waals surface area contributed by atoms with Gasteiger partial charge in [-0.15, -0.1) is 0 Å². The summed E-state index contributed by atoms with van der Waals surface area (Å²) in [7, 11) is 0. The Labute approximate surface area is 136 Å². The minimum Gasteiger partial charge on any atom is -0.481 e. The van der Waals surface area contributed by atoms with E-state index in [2.05, 4.69) is 5.32 Å². The van der Waals surface area contributed by atoms with Crippen molar-refractivity contribution in [2.75, 3.05) is 19.6 Å². The molecule has 1 aliphatic heterocycles. The van der Waals surface area contributed by atoms with Gasteiger partial charge in [-0.05, 0) is 39.0 Å². The van der Waals surface area contributed by atoms with Crippen LogP contribution >= 0.6 is 0 Å². The summed E-state index contributed by atoms with van der Waals surface area (Å²) in [6, 6.07) is -0.239. The number of carboxylic acids is 1. The molecule has 130 valence electrons. The van der Waals surface area contributed by atoms with Crippen LogP contribution in [0.15, 0.2) is 0 Å². The summed E-state index contributed by atoms with van der Waals surface area (Å²) >= 11 is 0. The molecule has 0 unspecified atom stereocenters. The molecule has 7 heteroatoms. The third kappa shape index (κ3) is 3.95. The van der Waals surface area contributed by atoms with Crippen molar-refractivity contribution in [3.63, 3.8) is 0 Å². The molecule has 1 heterocycles. The molecular weight excluding hydrogens is 300 g/mol. The Morgan fingerprint density at radius 1 is 1.39 bits per heavy atom. The minimum atomic E-state index is -0.785. The van der Waals surface area contributed by atoms with Crippen molar-refractivity contribution in [2.24, 2.45) is 11.3 Å². The third-order valence-corrected chi connectivity index (χ3v) is 4.78. The molecule has 2 fully saturated rings. The van der Waals surface area contributed by atoms with Crippen LogP contribution in [0.4, 0.5) is 4.79 Å². The van der Waals surface area contributed by atoms with Gasteiger partial charge in [0, 0.05) is 26.1 Å². The zero-order chi connectivity index (χ0) is 17.0. The highest BCUT2D eigenvalue weighted by Crippen LogP contribution is 2.48. The monoisotopic (exact) mass is 326 g/mol. The standard InChI is InChI=1S/C16H26N2O5/c1-11(2)23-13(19)6-4-8-17-15(22)18-9-12-5-3-7-16(12,10-18)14(20)21/h11-12H,3-10H2,1-2H3,(H,17,22)(H,20,21)/t12-,16+/m0/s1. The molecule has 1 saturated carbocycles. The lowest BCUT2D eigenvalue weighted by molar-refractivity contribution is -0.149. The molecule has 0 bridgehead atoms. The average Bonchev–Trinajstić information content (AvgIpc) is 3.00. The molecule has 7 nitrogen and oxygen atoms in total. The van der Waals surface area contributed by atoms with Gasteiger partial charge in [-0.2, -0.15) is 0 Å². The van der Waals surface area contributed by atoms with Gasteiger partial charge in [0.1, 0.15) is 0 Å². The second kappa shape index (κ2) is 7.19. The summed E-state index contributed by atoms with van der Waals surface area (Å²) in [5.41, 5.74) is -0.752. The largest absolute Gasteiger partial charge is 0.481 e. The van der Waals surface area contributed by atoms with E-state index in [0.717, 1.165) is 12.8 Å². The first-order chi connectivity index (χ1) is 10.8. The summed E-state index contributed by atoms with van der Waals surface area (Å²) in [5, 5.41) is 12.3. The molecule has 1 saturated heterocycles. The quantitative estimate of drug-likeness (QED) is 0.571. The van der Waals surface area contributed by atoms with Crippen molar-refractivity contribution in [1.29, 1.82) is 0 Å². The smallest absolute Gasteiger partial charge is 0.317 e. The van der Waals surface area contributed by atoms with Gasteiger partial charge in [0.2, 0.25) is 0 Å². The molecule has 0 aromatic rings. The topological polar surface area (TPSA) is 95.9 Å². The van der Waals surface area contributed by atoms with Crippen LogP contribution in [0.1, 0.15) is 46.0 Å². The fourth-order valence-corrected chi connectivity index (χ4v) is 3.66. The number of nitrogens with one attached hydrogen (secondary N) is 1. The molecule has 1 aliphatic carbocycles. The van der Waals surface area contributed by atoms with Gasteiger partial charge in [0.25, 0.3) is 0 Å². The van der Waals surface area contributed by atoms with Crippen LogP contribution < -0.4 is 5.32 Å². The van der Waals surface area contributed by atoms with E-state index in [9.17, 15) is 19.5 Å². The van der Waals surface area contributed by atoms with Crippen molar-refractivity contribution in [2.45, 2.75) is 52.1 Å². The van der Waals surface area contributed by atoms with Gasteiger partial charge in [-0.1, -0.05) is 6.42 Å². The fourth-order valence-electron chi connectivity index (χ4n) is 3.66. The molecule has 2 atom stereocenters. The van der Waals surface area contributed by atoms with Crippen LogP contribution in [0.3, 0.4) is 0 Å². The van der Waals surface area contributed by atoms with E-state index in [1.807, 2.05) is 0 Å². The predicted octanol–water partition coefficient (Wildman–Crippen LogP) is 1.61. The van der Waals surface area contributed by atoms with E-state index in [1.165, 1.54) is 0 Å². The van der Waals surface area contributed by atoms with E-state index in [-0.39, 0.29) is 37.0 Å². The number of ether oxygens (including phenoxy) is 1. The Bertz CT molecular complexity index is 479. The normalized spacial score (nSPS) is 26.2. The second-order valence-corrected chi connectivity index (χ2v) is 6.81. The summed E-state index contributed by atoms with van der Waals surface area (Å²) in [6.07, 6.45) is 3.09. The number of hydrogen-bond acceptors (Lipinski definition) is 4. The number of carboxylic acid groups (broad SMARTS) is 1. The Morgan fingerprint density at radius 2 is 2.13 bits per heavy atom. The van der Waals surface area contributed by atoms with Gasteiger partial charge in [-0.3, -0.25) is 9.59 Å². The molecule has 2 aliphatic rings. The maximum atomic E-state index is 12.2. The first-order valence-corrected chi connectivity index (χ1v) is 8.31. The van der Waals surface area contributed by atoms with Crippen LogP contribution in [0.5, 0.6) is 0 Å². The molecule has 0 aromatic heterocycles. The van der Waals surface area contributed by atoms with E-state index in [4.69, 9.17) is 4.74 Å². The maximum absolute atomic E-state index is 12.2. The number of likely N-dealkylation sites (tertiary alicyclic amines) is 1. The molecule has 23 heavy (non-hydrogen) atoms. The van der Waals surface area contributed by atoms with Crippen molar-refractivity contribution < 1.29 is 24.2 Å². The van der Waals surface area contributed by atoms with Gasteiger partial charge in [0.05, 0.1) is 11.5 Å². The number of carbonyl (C=O) groups excluding carboxylic acids is 2. The Balaban J connectivity index is 1.73. The van der Waals surface area contributed by atoms with Crippen LogP contribution in [0, 0.1) is 11.3 Å². The number of rotatable bonds is 6. The SMILES string of the molecule is CC(C)OC(=O)CCCNC(=O)N1C[C@@H]2CCC[C@@]2(C(=O)O)C1. The van der Waals surface area contributed by atoms with Crippen molar-refractivity contribution >= 4 is 18.0 Å². The molecule has 2 N–H and O–H groups in total. The summed E-state index contributed by atoms with van der Waals surface area (Å²) in [6.45, 7) is 4.76. The molecular formula is C16H26N2O5. The zero-order valence-electron chi connectivity index (χ0n) is 13.8. The molecule has 0 spiro atoms. The zero-order valence-corrected chi connectivity index (χ0v) is 13.8. The highest BCUT2D eigenvalue weighted by Gasteiger charge is 2.55. The second-order valence-electron chi connectivity index (χ2n) is 6.81. The minimum absolute atomic E-state index is 0.0618. The summed E-state index contributed by atoms with van der Waals surface area (Å²) in [4.78, 5) is 36.8. The van der Waals surface area contributed by atoms with E-state index in [0.29, 0.717) is 25.9 Å². The maximum Gasteiger partial charge on any atom is 0.317 e. The first-order valence-electron chi connectivity index (χ1n) is 8.31. The Morgan fingerprint density at radius 3 is 2.74 bits per heavy atom. The average molecular weight is 326 g/mol. The van der Waals surface area contributed by atoms with Gasteiger partial charge in [-0.25, -0.2) is 4.79 Å². The van der Waals surface area contributed by atoms with E-state index >= 15 is 0 Å². The van der Waals surface area contributed by atoms with Crippen LogP contribution in [0.2, 0.25) is 0 Å². The van der Waals surface area contributed by atoms with Crippen LogP contribution in [-0.2, 0) is 14.3 Å². The Kier molecular flexibility index (Phi) is 5.49. The predicted molar refractivity (Wildman–Crippen MR) is 82.8 cm³/mol. The van der Waals surface area contributed by atoms with Crippen molar-refractivity contribution in [3.05, 3.63) is 0 Å². The van der Waals surface area contributed by atoms with E-state index in [1.54, 1.807) is 18.7 Å². The lowest BCUT2D eigenvalue weighted by Crippen LogP contribution is -2.42. The number of carbonyl (C=O) groups is 3. The van der Waals surface area contributed by atoms with Gasteiger partial charge < -0.3 is 20.1 Å². The number of urea groups is 1. The number of fused-ring (bicyclic) bond motifs is 1. The fraction of sp³-hybridized carbons (Fsp3) is 0.812. The number of amides is 2. The molecule has 2 amide bonds. The third-order valence-electron chi connectivity index (χ3n) is 4.78. The number of aliphatic carboxylic acids is 1. The van der Waals surface area contributed by atoms with E-state index < -0.39 is 11.4 Å². The molecule has 2 rings (SSSR count). The number of hydrogen-bond donors (Lipinski definition) is 2. The number of nitrogens with zero attached hydrogens (tertiary/aromatic N) is 1. The first kappa shape index (κ1) is 17.6. The highest BCUT2D eigenvalue weighted by molar-refractivity contribution is 5.80. The van der Waals surface area contributed by atoms with Crippen LogP contribution in [-0.4, -0.2) is 53.7 Å². The van der Waals surface area contributed by atoms with Gasteiger partial charge in [0.15, 0.2) is 0 Å². The molecule has 0 aromatic carbocycles. The highest BCUT2D eigenvalue weighted by atomic mass is 16.5. The Hall–Kier alpha value is -1.79.